The SMILES string of the molecule is CCCc1cnc(N2CCC(Oc3cc(=O)n(-c4ccc(S(C)(=O)=O)c(F)c4)cc3Cl)CC2)nc1. The lowest BCUT2D eigenvalue weighted by atomic mass is 10.1. The molecule has 1 saturated heterocycles. The van der Waals surface area contributed by atoms with Gasteiger partial charge in [-0.25, -0.2) is 22.8 Å². The standard InChI is InChI=1S/C24H26ClFN4O4S/c1-3-4-16-13-27-24(28-14-16)29-9-7-18(8-10-29)34-21-12-23(31)30(15-19(21)25)17-5-6-22(20(26)11-17)35(2,32)33/h5-6,11-15,18H,3-4,7-10H2,1-2H3. The van der Waals surface area contributed by atoms with Gasteiger partial charge in [0.1, 0.15) is 22.6 Å². The van der Waals surface area contributed by atoms with Crippen LogP contribution in [0, 0.1) is 5.82 Å². The maximum atomic E-state index is 14.3. The Balaban J connectivity index is 1.43. The fraction of sp³-hybridized carbons (Fsp3) is 0.375. The smallest absolute Gasteiger partial charge is 0.258 e. The van der Waals surface area contributed by atoms with E-state index in [0.717, 1.165) is 41.4 Å². The number of anilines is 1. The van der Waals surface area contributed by atoms with Gasteiger partial charge in [0.15, 0.2) is 9.84 Å². The summed E-state index contributed by atoms with van der Waals surface area (Å²) in [7, 11) is -3.72. The van der Waals surface area contributed by atoms with Gasteiger partial charge in [0, 0.05) is 56.8 Å². The molecule has 1 aliphatic heterocycles. The van der Waals surface area contributed by atoms with Gasteiger partial charge in [0.25, 0.3) is 5.56 Å². The summed E-state index contributed by atoms with van der Waals surface area (Å²) in [6.07, 6.45) is 9.27. The van der Waals surface area contributed by atoms with E-state index >= 15 is 0 Å². The van der Waals surface area contributed by atoms with Crippen molar-refractivity contribution in [1.82, 2.24) is 14.5 Å². The molecule has 0 aliphatic carbocycles. The molecule has 11 heteroatoms. The van der Waals surface area contributed by atoms with Crippen molar-refractivity contribution in [1.29, 1.82) is 0 Å². The number of rotatable bonds is 7. The van der Waals surface area contributed by atoms with Crippen molar-refractivity contribution in [2.45, 2.75) is 43.6 Å². The predicted octanol–water partition coefficient (Wildman–Crippen LogP) is 3.82. The number of piperidine rings is 1. The van der Waals surface area contributed by atoms with Gasteiger partial charge in [-0.15, -0.1) is 0 Å². The van der Waals surface area contributed by atoms with Crippen LogP contribution in [0.4, 0.5) is 10.3 Å². The minimum atomic E-state index is -3.72. The van der Waals surface area contributed by atoms with Gasteiger partial charge < -0.3 is 9.64 Å². The van der Waals surface area contributed by atoms with Gasteiger partial charge in [-0.05, 0) is 30.2 Å². The third kappa shape index (κ3) is 5.82. The maximum absolute atomic E-state index is 14.3. The van der Waals surface area contributed by atoms with Crippen LogP contribution >= 0.6 is 11.6 Å². The number of nitrogens with zero attached hydrogens (tertiary/aromatic N) is 4. The van der Waals surface area contributed by atoms with Crippen LogP contribution in [0.5, 0.6) is 5.75 Å². The topological polar surface area (TPSA) is 94.4 Å². The van der Waals surface area contributed by atoms with Crippen molar-refractivity contribution in [3.63, 3.8) is 0 Å². The summed E-state index contributed by atoms with van der Waals surface area (Å²) in [4.78, 5) is 23.3. The molecule has 8 nitrogen and oxygen atoms in total. The zero-order valence-corrected chi connectivity index (χ0v) is 21.0. The minimum absolute atomic E-state index is 0.134. The number of halogens is 2. The molecule has 3 heterocycles. The van der Waals surface area contributed by atoms with E-state index in [4.69, 9.17) is 16.3 Å². The number of ether oxygens (including phenoxy) is 1. The Morgan fingerprint density at radius 3 is 2.46 bits per heavy atom. The number of hydrogen-bond donors (Lipinski definition) is 0. The molecule has 1 aliphatic rings. The Morgan fingerprint density at radius 1 is 1.17 bits per heavy atom. The van der Waals surface area contributed by atoms with Crippen LogP contribution in [0.1, 0.15) is 31.7 Å². The number of sulfone groups is 1. The maximum Gasteiger partial charge on any atom is 0.258 e. The molecule has 3 aromatic rings. The van der Waals surface area contributed by atoms with E-state index in [2.05, 4.69) is 21.8 Å². The highest BCUT2D eigenvalue weighted by atomic mass is 35.5. The molecule has 35 heavy (non-hydrogen) atoms. The Labute approximate surface area is 208 Å². The molecule has 0 spiro atoms. The van der Waals surface area contributed by atoms with Gasteiger partial charge in [-0.2, -0.15) is 0 Å². The summed E-state index contributed by atoms with van der Waals surface area (Å²) in [5.74, 6) is 0.00177. The number of aromatic nitrogens is 3. The van der Waals surface area contributed by atoms with Crippen LogP contribution in [0.2, 0.25) is 5.02 Å². The van der Waals surface area contributed by atoms with Crippen LogP contribution in [0.15, 0.2) is 52.5 Å². The molecule has 186 valence electrons. The largest absolute Gasteiger partial charge is 0.488 e. The van der Waals surface area contributed by atoms with Crippen LogP contribution < -0.4 is 15.2 Å². The molecule has 0 amide bonds. The highest BCUT2D eigenvalue weighted by Gasteiger charge is 2.23. The van der Waals surface area contributed by atoms with Crippen molar-refractivity contribution >= 4 is 27.4 Å². The van der Waals surface area contributed by atoms with Crippen LogP contribution in [0.3, 0.4) is 0 Å². The predicted molar refractivity (Wildman–Crippen MR) is 132 cm³/mol. The zero-order chi connectivity index (χ0) is 25.2. The van der Waals surface area contributed by atoms with Crippen molar-refractivity contribution in [2.75, 3.05) is 24.2 Å². The highest BCUT2D eigenvalue weighted by Crippen LogP contribution is 2.28. The summed E-state index contributed by atoms with van der Waals surface area (Å²) < 4.78 is 44.7. The van der Waals surface area contributed by atoms with Crippen LogP contribution in [-0.4, -0.2) is 48.4 Å². The van der Waals surface area contributed by atoms with Gasteiger partial charge in [0.2, 0.25) is 5.95 Å². The lowest BCUT2D eigenvalue weighted by molar-refractivity contribution is 0.170. The summed E-state index contributed by atoms with van der Waals surface area (Å²) >= 11 is 6.37. The Bertz CT molecular complexity index is 1370. The first kappa shape index (κ1) is 25.1. The van der Waals surface area contributed by atoms with E-state index in [1.807, 2.05) is 12.4 Å². The van der Waals surface area contributed by atoms with Crippen molar-refractivity contribution < 1.29 is 17.5 Å². The Hall–Kier alpha value is -2.98. The second-order valence-electron chi connectivity index (χ2n) is 8.53. The molecular weight excluding hydrogens is 495 g/mol. The van der Waals surface area contributed by atoms with E-state index < -0.39 is 26.1 Å². The second-order valence-corrected chi connectivity index (χ2v) is 10.9. The highest BCUT2D eigenvalue weighted by molar-refractivity contribution is 7.90. The zero-order valence-electron chi connectivity index (χ0n) is 19.4. The quantitative estimate of drug-likeness (QED) is 0.467. The van der Waals surface area contributed by atoms with Gasteiger partial charge in [-0.1, -0.05) is 24.9 Å². The van der Waals surface area contributed by atoms with Gasteiger partial charge in [-0.3, -0.25) is 9.36 Å². The van der Waals surface area contributed by atoms with Crippen LogP contribution in [-0.2, 0) is 16.3 Å². The molecule has 1 aromatic carbocycles. The Morgan fingerprint density at radius 2 is 1.86 bits per heavy atom. The normalized spacial score (nSPS) is 14.8. The number of aryl methyl sites for hydroxylation is 1. The molecular formula is C24H26ClFN4O4S. The number of pyridine rings is 1. The van der Waals surface area contributed by atoms with E-state index in [9.17, 15) is 17.6 Å². The molecule has 0 unspecified atom stereocenters. The summed E-state index contributed by atoms with van der Waals surface area (Å²) in [6, 6.07) is 4.72. The summed E-state index contributed by atoms with van der Waals surface area (Å²) in [5.41, 5.74) is 0.799. The fourth-order valence-corrected chi connectivity index (χ4v) is 4.93. The minimum Gasteiger partial charge on any atom is -0.488 e. The molecule has 2 aromatic heterocycles. The summed E-state index contributed by atoms with van der Waals surface area (Å²) in [6.45, 7) is 3.53. The third-order valence-electron chi connectivity index (χ3n) is 5.81. The molecule has 1 fully saturated rings. The molecule has 4 rings (SSSR count). The lowest BCUT2D eigenvalue weighted by Crippen LogP contribution is -2.39. The Kier molecular flexibility index (Phi) is 7.42. The van der Waals surface area contributed by atoms with E-state index in [1.54, 1.807) is 0 Å². The van der Waals surface area contributed by atoms with E-state index in [-0.39, 0.29) is 22.6 Å². The number of benzene rings is 1. The van der Waals surface area contributed by atoms with Crippen molar-refractivity contribution in [3.05, 3.63) is 69.6 Å². The average molecular weight is 521 g/mol. The first-order valence-corrected chi connectivity index (χ1v) is 13.6. The van der Waals surface area contributed by atoms with Crippen molar-refractivity contribution in [3.8, 4) is 11.4 Å². The first-order chi connectivity index (χ1) is 16.7. The van der Waals surface area contributed by atoms with Crippen molar-refractivity contribution in [2.24, 2.45) is 0 Å². The third-order valence-corrected chi connectivity index (χ3v) is 7.23. The number of hydrogen-bond acceptors (Lipinski definition) is 7. The second kappa shape index (κ2) is 10.3. The lowest BCUT2D eigenvalue weighted by Gasteiger charge is -2.32. The van der Waals surface area contributed by atoms with E-state index in [0.29, 0.717) is 31.9 Å². The molecule has 0 bridgehead atoms. The monoisotopic (exact) mass is 520 g/mol. The fourth-order valence-electron chi connectivity index (χ4n) is 4.01. The molecule has 0 radical (unpaired) electrons. The van der Waals surface area contributed by atoms with Gasteiger partial charge in [0.05, 0.1) is 10.7 Å². The molecule has 0 saturated carbocycles. The van der Waals surface area contributed by atoms with Gasteiger partial charge >= 0.3 is 0 Å². The molecule has 0 atom stereocenters. The van der Waals surface area contributed by atoms with E-state index in [1.165, 1.54) is 18.3 Å². The molecule has 0 N–H and O–H groups in total. The van der Waals surface area contributed by atoms with Crippen LogP contribution in [0.25, 0.3) is 5.69 Å². The summed E-state index contributed by atoms with van der Waals surface area (Å²) in [5, 5.41) is 0.189. The first-order valence-electron chi connectivity index (χ1n) is 11.3. The average Bonchev–Trinajstić information content (AvgIpc) is 2.81.